The van der Waals surface area contributed by atoms with E-state index in [1.165, 1.54) is 12.1 Å². The lowest BCUT2D eigenvalue weighted by atomic mass is 10.2. The molecule has 15 heavy (non-hydrogen) atoms. The SMILES string of the molecule is CCN(C(=N)C1CC1)c1ccc(F)cc1. The molecule has 0 amide bonds. The van der Waals surface area contributed by atoms with Crippen LogP contribution in [0.5, 0.6) is 0 Å². The smallest absolute Gasteiger partial charge is 0.123 e. The Balaban J connectivity index is 2.18. The zero-order chi connectivity index (χ0) is 10.8. The van der Waals surface area contributed by atoms with Gasteiger partial charge >= 0.3 is 0 Å². The maximum atomic E-state index is 12.8. The van der Waals surface area contributed by atoms with Gasteiger partial charge in [0.15, 0.2) is 0 Å². The van der Waals surface area contributed by atoms with Crippen LogP contribution in [-0.4, -0.2) is 12.4 Å². The van der Waals surface area contributed by atoms with Gasteiger partial charge in [0.2, 0.25) is 0 Å². The van der Waals surface area contributed by atoms with Crippen molar-refractivity contribution in [1.82, 2.24) is 0 Å². The second-order valence-electron chi connectivity index (χ2n) is 3.88. The minimum atomic E-state index is -0.229. The fraction of sp³-hybridized carbons (Fsp3) is 0.417. The number of hydrogen-bond acceptors (Lipinski definition) is 1. The van der Waals surface area contributed by atoms with Crippen LogP contribution in [0.2, 0.25) is 0 Å². The topological polar surface area (TPSA) is 27.1 Å². The lowest BCUT2D eigenvalue weighted by molar-refractivity contribution is 0.628. The van der Waals surface area contributed by atoms with Crippen LogP contribution < -0.4 is 4.90 Å². The van der Waals surface area contributed by atoms with Gasteiger partial charge in [-0.15, -0.1) is 0 Å². The Bertz CT molecular complexity index is 354. The minimum Gasteiger partial charge on any atom is -0.330 e. The molecule has 0 aromatic heterocycles. The largest absolute Gasteiger partial charge is 0.330 e. The van der Waals surface area contributed by atoms with E-state index in [0.717, 1.165) is 25.1 Å². The van der Waals surface area contributed by atoms with Gasteiger partial charge in [-0.2, -0.15) is 0 Å². The van der Waals surface area contributed by atoms with E-state index in [1.807, 2.05) is 11.8 Å². The summed E-state index contributed by atoms with van der Waals surface area (Å²) in [6.07, 6.45) is 2.24. The van der Waals surface area contributed by atoms with E-state index in [-0.39, 0.29) is 5.82 Å². The molecule has 1 aromatic carbocycles. The predicted molar refractivity (Wildman–Crippen MR) is 59.9 cm³/mol. The van der Waals surface area contributed by atoms with Gasteiger partial charge in [-0.25, -0.2) is 4.39 Å². The molecule has 0 unspecified atom stereocenters. The Kier molecular flexibility index (Phi) is 2.71. The highest BCUT2D eigenvalue weighted by Crippen LogP contribution is 2.32. The highest BCUT2D eigenvalue weighted by Gasteiger charge is 2.30. The molecule has 1 aliphatic rings. The number of hydrogen-bond donors (Lipinski definition) is 1. The van der Waals surface area contributed by atoms with Crippen molar-refractivity contribution in [3.8, 4) is 0 Å². The van der Waals surface area contributed by atoms with Gasteiger partial charge in [0.05, 0.1) is 0 Å². The molecule has 1 fully saturated rings. The third-order valence-electron chi connectivity index (χ3n) is 2.71. The summed E-state index contributed by atoms with van der Waals surface area (Å²) in [5, 5.41) is 7.99. The van der Waals surface area contributed by atoms with Crippen molar-refractivity contribution in [2.24, 2.45) is 5.92 Å². The summed E-state index contributed by atoms with van der Waals surface area (Å²) in [5.41, 5.74) is 0.913. The first-order valence-corrected chi connectivity index (χ1v) is 5.34. The molecule has 0 aliphatic heterocycles. The number of nitrogens with one attached hydrogen (secondary N) is 1. The quantitative estimate of drug-likeness (QED) is 0.597. The van der Waals surface area contributed by atoms with Crippen LogP contribution in [0.3, 0.4) is 0 Å². The summed E-state index contributed by atoms with van der Waals surface area (Å²) >= 11 is 0. The van der Waals surface area contributed by atoms with Crippen LogP contribution in [-0.2, 0) is 0 Å². The number of rotatable bonds is 3. The average molecular weight is 206 g/mol. The van der Waals surface area contributed by atoms with Crippen molar-refractivity contribution in [2.45, 2.75) is 19.8 Å². The molecule has 0 heterocycles. The van der Waals surface area contributed by atoms with E-state index in [0.29, 0.717) is 11.8 Å². The minimum absolute atomic E-state index is 0.229. The predicted octanol–water partition coefficient (Wildman–Crippen LogP) is 3.04. The van der Waals surface area contributed by atoms with Crippen LogP contribution in [0.4, 0.5) is 10.1 Å². The Hall–Kier alpha value is -1.38. The molecule has 0 saturated heterocycles. The normalized spacial score (nSPS) is 15.1. The van der Waals surface area contributed by atoms with Gasteiger partial charge in [-0.05, 0) is 44.0 Å². The molecule has 1 N–H and O–H groups in total. The van der Waals surface area contributed by atoms with Crippen LogP contribution in [0, 0.1) is 17.1 Å². The van der Waals surface area contributed by atoms with Gasteiger partial charge in [0.25, 0.3) is 0 Å². The zero-order valence-electron chi connectivity index (χ0n) is 8.83. The molecule has 2 rings (SSSR count). The number of halogens is 1. The third kappa shape index (κ3) is 2.17. The molecular weight excluding hydrogens is 191 g/mol. The Morgan fingerprint density at radius 3 is 2.47 bits per heavy atom. The molecule has 0 atom stereocenters. The Labute approximate surface area is 89.2 Å². The molecule has 1 saturated carbocycles. The van der Waals surface area contributed by atoms with Crippen LogP contribution in [0.1, 0.15) is 19.8 Å². The monoisotopic (exact) mass is 206 g/mol. The van der Waals surface area contributed by atoms with Crippen LogP contribution >= 0.6 is 0 Å². The van der Waals surface area contributed by atoms with Crippen molar-refractivity contribution < 1.29 is 4.39 Å². The fourth-order valence-corrected chi connectivity index (χ4v) is 1.69. The standard InChI is InChI=1S/C12H15FN2/c1-2-15(12(14)9-3-4-9)11-7-5-10(13)6-8-11/h5-9,14H,2-4H2,1H3. The van der Waals surface area contributed by atoms with E-state index in [2.05, 4.69) is 0 Å². The Morgan fingerprint density at radius 1 is 1.40 bits per heavy atom. The number of nitrogens with zero attached hydrogens (tertiary/aromatic N) is 1. The van der Waals surface area contributed by atoms with Gasteiger partial charge < -0.3 is 4.90 Å². The van der Waals surface area contributed by atoms with Crippen molar-refractivity contribution in [1.29, 1.82) is 5.41 Å². The number of amidine groups is 1. The third-order valence-corrected chi connectivity index (χ3v) is 2.71. The van der Waals surface area contributed by atoms with Gasteiger partial charge in [0.1, 0.15) is 11.7 Å². The number of anilines is 1. The van der Waals surface area contributed by atoms with Crippen LogP contribution in [0.25, 0.3) is 0 Å². The first-order chi connectivity index (χ1) is 7.22. The molecule has 1 aromatic rings. The molecule has 0 radical (unpaired) electrons. The fourth-order valence-electron chi connectivity index (χ4n) is 1.69. The molecule has 0 bridgehead atoms. The van der Waals surface area contributed by atoms with Gasteiger partial charge in [-0.3, -0.25) is 5.41 Å². The van der Waals surface area contributed by atoms with E-state index in [9.17, 15) is 4.39 Å². The molecule has 1 aliphatic carbocycles. The van der Waals surface area contributed by atoms with E-state index < -0.39 is 0 Å². The first-order valence-electron chi connectivity index (χ1n) is 5.34. The van der Waals surface area contributed by atoms with E-state index >= 15 is 0 Å². The summed E-state index contributed by atoms with van der Waals surface area (Å²) in [7, 11) is 0. The van der Waals surface area contributed by atoms with Gasteiger partial charge in [-0.1, -0.05) is 0 Å². The Morgan fingerprint density at radius 2 is 2.00 bits per heavy atom. The molecule has 2 nitrogen and oxygen atoms in total. The average Bonchev–Trinajstić information content (AvgIpc) is 3.05. The summed E-state index contributed by atoms with van der Waals surface area (Å²) in [6.45, 7) is 2.78. The number of benzene rings is 1. The second kappa shape index (κ2) is 4.01. The van der Waals surface area contributed by atoms with Crippen molar-refractivity contribution in [3.63, 3.8) is 0 Å². The summed E-state index contributed by atoms with van der Waals surface area (Å²) in [4.78, 5) is 1.94. The van der Waals surface area contributed by atoms with Crippen LogP contribution in [0.15, 0.2) is 24.3 Å². The summed E-state index contributed by atoms with van der Waals surface area (Å²) in [5.74, 6) is 0.867. The van der Waals surface area contributed by atoms with Crippen molar-refractivity contribution in [3.05, 3.63) is 30.1 Å². The lowest BCUT2D eigenvalue weighted by Crippen LogP contribution is -2.31. The highest BCUT2D eigenvalue weighted by atomic mass is 19.1. The maximum Gasteiger partial charge on any atom is 0.123 e. The van der Waals surface area contributed by atoms with E-state index in [1.54, 1.807) is 12.1 Å². The zero-order valence-corrected chi connectivity index (χ0v) is 8.83. The second-order valence-corrected chi connectivity index (χ2v) is 3.88. The molecule has 3 heteroatoms. The molecular formula is C12H15FN2. The van der Waals surface area contributed by atoms with Crippen molar-refractivity contribution >= 4 is 11.5 Å². The summed E-state index contributed by atoms with van der Waals surface area (Å²) < 4.78 is 12.8. The maximum absolute atomic E-state index is 12.8. The van der Waals surface area contributed by atoms with Crippen molar-refractivity contribution in [2.75, 3.05) is 11.4 Å². The highest BCUT2D eigenvalue weighted by molar-refractivity contribution is 5.98. The van der Waals surface area contributed by atoms with Gasteiger partial charge in [0, 0.05) is 18.2 Å². The summed E-state index contributed by atoms with van der Waals surface area (Å²) in [6, 6.07) is 6.35. The lowest BCUT2D eigenvalue weighted by Gasteiger charge is -2.23. The molecule has 0 spiro atoms. The molecule has 80 valence electrons. The van der Waals surface area contributed by atoms with E-state index in [4.69, 9.17) is 5.41 Å². The first kappa shape index (κ1) is 10.1.